The number of halogens is 1. The first-order valence-electron chi connectivity index (χ1n) is 8.50. The van der Waals surface area contributed by atoms with Crippen molar-refractivity contribution in [3.63, 3.8) is 0 Å². The summed E-state index contributed by atoms with van der Waals surface area (Å²) in [5.41, 5.74) is 3.52. The molecule has 0 atom stereocenters. The molecule has 0 fully saturated rings. The highest BCUT2D eigenvalue weighted by Gasteiger charge is 2.11. The summed E-state index contributed by atoms with van der Waals surface area (Å²) in [7, 11) is 0. The number of amides is 1. The number of rotatable bonds is 6. The standard InChI is InChI=1S/C22H18ClNO3/c23-18-5-3-4-17(14-18)16-11-8-15(9-12-16)10-13-21(25)24-20-7-2-1-6-19(20)22(26)27/h1-9,11-12,14H,10,13H2,(H,24,25)(H,26,27). The van der Waals surface area contributed by atoms with Gasteiger partial charge >= 0.3 is 5.97 Å². The maximum Gasteiger partial charge on any atom is 0.337 e. The fraction of sp³-hybridized carbons (Fsp3) is 0.0909. The van der Waals surface area contributed by atoms with Crippen LogP contribution >= 0.6 is 11.6 Å². The van der Waals surface area contributed by atoms with Gasteiger partial charge in [-0.1, -0.05) is 60.1 Å². The molecule has 3 aromatic carbocycles. The Hall–Kier alpha value is -3.11. The Morgan fingerprint density at radius 3 is 2.33 bits per heavy atom. The van der Waals surface area contributed by atoms with E-state index in [2.05, 4.69) is 5.32 Å². The van der Waals surface area contributed by atoms with Gasteiger partial charge in [-0.3, -0.25) is 4.79 Å². The smallest absolute Gasteiger partial charge is 0.337 e. The summed E-state index contributed by atoms with van der Waals surface area (Å²) in [5.74, 6) is -1.29. The number of nitrogens with one attached hydrogen (secondary N) is 1. The summed E-state index contributed by atoms with van der Waals surface area (Å²) in [6.45, 7) is 0. The van der Waals surface area contributed by atoms with Crippen LogP contribution in [0.25, 0.3) is 11.1 Å². The van der Waals surface area contributed by atoms with E-state index >= 15 is 0 Å². The van der Waals surface area contributed by atoms with E-state index in [0.717, 1.165) is 16.7 Å². The van der Waals surface area contributed by atoms with Gasteiger partial charge in [0.2, 0.25) is 5.91 Å². The van der Waals surface area contributed by atoms with Gasteiger partial charge in [-0.2, -0.15) is 0 Å². The zero-order valence-electron chi connectivity index (χ0n) is 14.5. The molecule has 0 aliphatic rings. The molecule has 0 saturated carbocycles. The highest BCUT2D eigenvalue weighted by molar-refractivity contribution is 6.30. The maximum absolute atomic E-state index is 12.2. The Morgan fingerprint density at radius 2 is 1.63 bits per heavy atom. The lowest BCUT2D eigenvalue weighted by atomic mass is 10.0. The van der Waals surface area contributed by atoms with Crippen LogP contribution < -0.4 is 5.32 Å². The number of carboxylic acids is 1. The van der Waals surface area contributed by atoms with Crippen LogP contribution in [0.5, 0.6) is 0 Å². The van der Waals surface area contributed by atoms with Crippen molar-refractivity contribution >= 4 is 29.2 Å². The van der Waals surface area contributed by atoms with Gasteiger partial charge in [-0.25, -0.2) is 4.79 Å². The van der Waals surface area contributed by atoms with Crippen molar-refractivity contribution in [2.24, 2.45) is 0 Å². The molecule has 0 spiro atoms. The number of benzene rings is 3. The molecule has 0 aliphatic heterocycles. The molecular formula is C22H18ClNO3. The van der Waals surface area contributed by atoms with Gasteiger partial charge in [0.05, 0.1) is 11.3 Å². The summed E-state index contributed by atoms with van der Waals surface area (Å²) < 4.78 is 0. The predicted octanol–water partition coefficient (Wildman–Crippen LogP) is 5.28. The predicted molar refractivity (Wildman–Crippen MR) is 107 cm³/mol. The highest BCUT2D eigenvalue weighted by atomic mass is 35.5. The lowest BCUT2D eigenvalue weighted by molar-refractivity contribution is -0.116. The Bertz CT molecular complexity index is 967. The van der Waals surface area contributed by atoms with Gasteiger partial charge in [0.25, 0.3) is 0 Å². The Balaban J connectivity index is 1.60. The molecule has 136 valence electrons. The third kappa shape index (κ3) is 4.96. The van der Waals surface area contributed by atoms with E-state index in [-0.39, 0.29) is 17.9 Å². The molecular weight excluding hydrogens is 362 g/mol. The normalized spacial score (nSPS) is 10.4. The van der Waals surface area contributed by atoms with Gasteiger partial charge in [-0.15, -0.1) is 0 Å². The zero-order chi connectivity index (χ0) is 19.2. The van der Waals surface area contributed by atoms with Gasteiger partial charge in [-0.05, 0) is 47.4 Å². The Labute approximate surface area is 162 Å². The summed E-state index contributed by atoms with van der Waals surface area (Å²) in [6.07, 6.45) is 0.835. The van der Waals surface area contributed by atoms with Gasteiger partial charge in [0, 0.05) is 11.4 Å². The molecule has 5 heteroatoms. The van der Waals surface area contributed by atoms with Crippen LogP contribution in [0.15, 0.2) is 72.8 Å². The molecule has 0 bridgehead atoms. The van der Waals surface area contributed by atoms with Gasteiger partial charge in [0.15, 0.2) is 0 Å². The average molecular weight is 380 g/mol. The monoisotopic (exact) mass is 379 g/mol. The van der Waals surface area contributed by atoms with Crippen molar-refractivity contribution in [3.8, 4) is 11.1 Å². The minimum absolute atomic E-state index is 0.0803. The number of anilines is 1. The topological polar surface area (TPSA) is 66.4 Å². The molecule has 3 aromatic rings. The van der Waals surface area contributed by atoms with E-state index in [1.54, 1.807) is 18.2 Å². The fourth-order valence-electron chi connectivity index (χ4n) is 2.78. The average Bonchev–Trinajstić information content (AvgIpc) is 2.67. The lowest BCUT2D eigenvalue weighted by Gasteiger charge is -2.09. The molecule has 0 heterocycles. The van der Waals surface area contributed by atoms with Crippen LogP contribution in [0.1, 0.15) is 22.3 Å². The molecule has 3 rings (SSSR count). The maximum atomic E-state index is 12.2. The quantitative estimate of drug-likeness (QED) is 0.612. The number of hydrogen-bond acceptors (Lipinski definition) is 2. The molecule has 1 amide bonds. The molecule has 0 unspecified atom stereocenters. The highest BCUT2D eigenvalue weighted by Crippen LogP contribution is 2.23. The molecule has 0 radical (unpaired) electrons. The van der Waals surface area contributed by atoms with Crippen molar-refractivity contribution in [1.82, 2.24) is 0 Å². The van der Waals surface area contributed by atoms with Gasteiger partial charge in [0.1, 0.15) is 0 Å². The van der Waals surface area contributed by atoms with Crippen LogP contribution in [0.4, 0.5) is 5.69 Å². The fourth-order valence-corrected chi connectivity index (χ4v) is 2.97. The minimum atomic E-state index is -1.07. The zero-order valence-corrected chi connectivity index (χ0v) is 15.2. The van der Waals surface area contributed by atoms with Gasteiger partial charge < -0.3 is 10.4 Å². The summed E-state index contributed by atoms with van der Waals surface area (Å²) in [6, 6.07) is 22.0. The molecule has 0 aromatic heterocycles. The summed E-state index contributed by atoms with van der Waals surface area (Å²) in [4.78, 5) is 23.4. The van der Waals surface area contributed by atoms with Crippen molar-refractivity contribution in [2.45, 2.75) is 12.8 Å². The number of carbonyl (C=O) groups excluding carboxylic acids is 1. The second-order valence-corrected chi connectivity index (χ2v) is 6.54. The number of carbonyl (C=O) groups is 2. The van der Waals surface area contributed by atoms with Crippen molar-refractivity contribution in [3.05, 3.63) is 88.9 Å². The van der Waals surface area contributed by atoms with Crippen LogP contribution in [-0.2, 0) is 11.2 Å². The van der Waals surface area contributed by atoms with E-state index in [0.29, 0.717) is 17.1 Å². The Kier molecular flexibility index (Phi) is 5.89. The van der Waals surface area contributed by atoms with Crippen LogP contribution in [0.2, 0.25) is 5.02 Å². The number of aryl methyl sites for hydroxylation is 1. The van der Waals surface area contributed by atoms with E-state index in [9.17, 15) is 9.59 Å². The van der Waals surface area contributed by atoms with Crippen molar-refractivity contribution < 1.29 is 14.7 Å². The second-order valence-electron chi connectivity index (χ2n) is 6.11. The van der Waals surface area contributed by atoms with Crippen LogP contribution in [0.3, 0.4) is 0 Å². The van der Waals surface area contributed by atoms with Crippen molar-refractivity contribution in [2.75, 3.05) is 5.32 Å². The van der Waals surface area contributed by atoms with E-state index in [1.807, 2.05) is 48.5 Å². The van der Waals surface area contributed by atoms with E-state index in [4.69, 9.17) is 16.7 Å². The molecule has 2 N–H and O–H groups in total. The molecule has 4 nitrogen and oxygen atoms in total. The number of para-hydroxylation sites is 1. The number of aromatic carboxylic acids is 1. The summed E-state index contributed by atoms with van der Waals surface area (Å²) >= 11 is 6.03. The number of carboxylic acid groups (broad SMARTS) is 1. The first-order chi connectivity index (χ1) is 13.0. The Morgan fingerprint density at radius 1 is 0.889 bits per heavy atom. The van der Waals surface area contributed by atoms with E-state index in [1.165, 1.54) is 6.07 Å². The SMILES string of the molecule is O=C(CCc1ccc(-c2cccc(Cl)c2)cc1)Nc1ccccc1C(=O)O. The van der Waals surface area contributed by atoms with E-state index < -0.39 is 5.97 Å². The third-order valence-electron chi connectivity index (χ3n) is 4.18. The summed E-state index contributed by atoms with van der Waals surface area (Å²) in [5, 5.41) is 12.5. The van der Waals surface area contributed by atoms with Crippen molar-refractivity contribution in [1.29, 1.82) is 0 Å². The number of hydrogen-bond donors (Lipinski definition) is 2. The van der Waals surface area contributed by atoms with Crippen LogP contribution in [-0.4, -0.2) is 17.0 Å². The second kappa shape index (κ2) is 8.52. The lowest BCUT2D eigenvalue weighted by Crippen LogP contribution is -2.15. The molecule has 27 heavy (non-hydrogen) atoms. The third-order valence-corrected chi connectivity index (χ3v) is 4.42. The molecule has 0 saturated heterocycles. The first-order valence-corrected chi connectivity index (χ1v) is 8.88. The first kappa shape index (κ1) is 18.7. The minimum Gasteiger partial charge on any atom is -0.478 e. The largest absolute Gasteiger partial charge is 0.478 e. The molecule has 0 aliphatic carbocycles. The van der Waals surface area contributed by atoms with Crippen LogP contribution in [0, 0.1) is 0 Å².